The Kier molecular flexibility index (Phi) is 12.8. The van der Waals surface area contributed by atoms with E-state index in [1.807, 2.05) is 17.9 Å². The Bertz CT molecular complexity index is 1390. The van der Waals surface area contributed by atoms with E-state index in [4.69, 9.17) is 64.9 Å². The smallest absolute Gasteiger partial charge is 0.323 e. The van der Waals surface area contributed by atoms with Crippen LogP contribution in [0.4, 0.5) is 23.3 Å². The minimum atomic E-state index is -1.82. The first-order valence-electron chi connectivity index (χ1n) is 14.3. The Balaban J connectivity index is 1.39. The largest absolute Gasteiger partial charge is 0.459 e. The quantitative estimate of drug-likeness (QED) is 0.0646. The summed E-state index contributed by atoms with van der Waals surface area (Å²) < 4.78 is 24.1. The Labute approximate surface area is 279 Å². The zero-order chi connectivity index (χ0) is 32.7. The molecule has 6 N–H and O–H groups in total. The van der Waals surface area contributed by atoms with Gasteiger partial charge >= 0.3 is 14.5 Å². The molecule has 0 bridgehead atoms. The summed E-state index contributed by atoms with van der Waals surface area (Å²) in [5.41, 5.74) is 6.66. The highest BCUT2D eigenvalue weighted by molar-refractivity contribution is 7.45. The first-order chi connectivity index (χ1) is 21.5. The fourth-order valence-corrected chi connectivity index (χ4v) is 6.22. The van der Waals surface area contributed by atoms with Crippen molar-refractivity contribution in [1.29, 1.82) is 0 Å². The van der Waals surface area contributed by atoms with Crippen molar-refractivity contribution in [2.75, 3.05) is 47.9 Å². The van der Waals surface area contributed by atoms with Crippen molar-refractivity contribution in [3.8, 4) is 5.75 Å². The second-order valence-corrected chi connectivity index (χ2v) is 13.0. The number of hydrazine groups is 1. The van der Waals surface area contributed by atoms with E-state index in [2.05, 4.69) is 27.3 Å². The minimum absolute atomic E-state index is 0.110. The number of anilines is 4. The lowest BCUT2D eigenvalue weighted by molar-refractivity contribution is -0.144. The highest BCUT2D eigenvalue weighted by atomic mass is 35.5. The van der Waals surface area contributed by atoms with Gasteiger partial charge in [0, 0.05) is 18.0 Å². The van der Waals surface area contributed by atoms with Gasteiger partial charge in [-0.3, -0.25) is 9.80 Å². The number of aromatic nitrogens is 2. The Morgan fingerprint density at radius 2 is 2.07 bits per heavy atom. The molecule has 45 heavy (non-hydrogen) atoms. The lowest BCUT2D eigenvalue weighted by Crippen LogP contribution is -2.39. The maximum atomic E-state index is 12.8. The minimum Gasteiger partial charge on any atom is -0.459 e. The molecule has 1 fully saturated rings. The number of ether oxygens (including phenoxy) is 2. The molecule has 2 aromatic rings. The van der Waals surface area contributed by atoms with Crippen LogP contribution in [0.1, 0.15) is 33.6 Å². The molecular weight excluding hydrogens is 666 g/mol. The van der Waals surface area contributed by atoms with Crippen LogP contribution in [0.5, 0.6) is 5.75 Å². The number of nitrogens with zero attached hydrogens (tertiary/aromatic N) is 4. The Hall–Kier alpha value is -2.61. The van der Waals surface area contributed by atoms with E-state index in [-0.39, 0.29) is 42.4 Å². The van der Waals surface area contributed by atoms with Crippen molar-refractivity contribution in [2.24, 2.45) is 11.8 Å². The molecule has 1 saturated heterocycles. The van der Waals surface area contributed by atoms with Gasteiger partial charge in [-0.2, -0.15) is 9.97 Å². The van der Waals surface area contributed by atoms with Crippen LogP contribution in [0.15, 0.2) is 46.5 Å². The molecule has 0 amide bonds. The maximum Gasteiger partial charge on any atom is 0.323 e. The van der Waals surface area contributed by atoms with Gasteiger partial charge in [0.1, 0.15) is 30.3 Å². The third kappa shape index (κ3) is 9.46. The van der Waals surface area contributed by atoms with Crippen LogP contribution >= 0.6 is 43.3 Å². The number of carbonyl (C=O) groups is 1. The lowest BCUT2D eigenvalue weighted by atomic mass is 10.1. The summed E-state index contributed by atoms with van der Waals surface area (Å²) in [4.78, 5) is 23.5. The number of nitrogen functional groups attached to an aromatic ring is 1. The van der Waals surface area contributed by atoms with Crippen molar-refractivity contribution in [1.82, 2.24) is 15.1 Å². The van der Waals surface area contributed by atoms with Crippen LogP contribution < -0.4 is 36.4 Å². The molecule has 3 heterocycles. The predicted octanol–water partition coefficient (Wildman–Crippen LogP) is 5.46. The van der Waals surface area contributed by atoms with Crippen molar-refractivity contribution in [2.45, 2.75) is 52.0 Å². The van der Waals surface area contributed by atoms with Crippen LogP contribution in [0.3, 0.4) is 0 Å². The molecule has 1 aromatic heterocycles. The fourth-order valence-electron chi connectivity index (χ4n) is 4.61. The van der Waals surface area contributed by atoms with Gasteiger partial charge in [-0.05, 0) is 50.1 Å². The summed E-state index contributed by atoms with van der Waals surface area (Å²) >= 11 is 18.4. The zero-order valence-electron chi connectivity index (χ0n) is 25.4. The maximum absolute atomic E-state index is 12.8. The van der Waals surface area contributed by atoms with Crippen molar-refractivity contribution >= 4 is 72.6 Å². The number of nitrogens with two attached hydrogens (primary N) is 2. The molecule has 5 atom stereocenters. The van der Waals surface area contributed by atoms with Gasteiger partial charge < -0.3 is 34.5 Å². The van der Waals surface area contributed by atoms with E-state index in [0.29, 0.717) is 46.2 Å². The molecule has 0 aliphatic carbocycles. The summed E-state index contributed by atoms with van der Waals surface area (Å²) in [5.74, 6) is 7.26. The monoisotopic (exact) mass is 702 g/mol. The molecule has 0 saturated carbocycles. The van der Waals surface area contributed by atoms with E-state index < -0.39 is 20.5 Å². The van der Waals surface area contributed by atoms with Crippen LogP contribution in [0.25, 0.3) is 0 Å². The molecule has 0 radical (unpaired) electrons. The van der Waals surface area contributed by atoms with Gasteiger partial charge in [0.2, 0.25) is 5.95 Å². The molecule has 4 rings (SSSR count). The average Bonchev–Trinajstić information content (AvgIpc) is 3.59. The number of esters is 1. The number of hydrogen-bond donors (Lipinski definition) is 4. The first kappa shape index (κ1) is 35.2. The SMILES string of the molecule is CC/C=C\C(Cl)=C(/Cl)COC(=O)C(C)NP(OCC1CC(C)C(N2CNc3c(N(C)N)nc(N)nc32)O1)Oc1ccc(Cl)cc1. The molecule has 17 heteroatoms. The normalized spacial score (nSPS) is 21.2. The Morgan fingerprint density at radius 1 is 1.33 bits per heavy atom. The predicted molar refractivity (Wildman–Crippen MR) is 179 cm³/mol. The number of allylic oxidation sites excluding steroid dienone is 3. The van der Waals surface area contributed by atoms with Gasteiger partial charge in [0.25, 0.3) is 0 Å². The number of halogens is 3. The molecule has 13 nitrogen and oxygen atoms in total. The standard InChI is InChI=1S/C28H38Cl3N8O5P/c1-5-6-7-21(30)22(31)14-41-27(40)17(3)37-45(44-19-10-8-18(29)9-11-19)42-13-20-12-16(2)26(43-20)39-15-34-23-24(38(4)33)35-28(32)36-25(23)39/h6-11,16-17,20,26,34,37H,5,12-15,33H2,1-4H3,(H2,32,35,36)/b7-6-,22-21+. The highest BCUT2D eigenvalue weighted by Crippen LogP contribution is 2.43. The molecule has 5 unspecified atom stereocenters. The summed E-state index contributed by atoms with van der Waals surface area (Å²) in [5, 5.41) is 8.86. The average molecular weight is 704 g/mol. The Morgan fingerprint density at radius 3 is 2.76 bits per heavy atom. The van der Waals surface area contributed by atoms with Crippen molar-refractivity contribution < 1.29 is 23.3 Å². The lowest BCUT2D eigenvalue weighted by Gasteiger charge is -2.28. The van der Waals surface area contributed by atoms with Crippen LogP contribution in [0, 0.1) is 5.92 Å². The van der Waals surface area contributed by atoms with Gasteiger partial charge in [0.05, 0.1) is 29.4 Å². The molecule has 0 spiro atoms. The summed E-state index contributed by atoms with van der Waals surface area (Å²) in [6, 6.07) is 6.04. The fraction of sp³-hybridized carbons (Fsp3) is 0.464. The van der Waals surface area contributed by atoms with Gasteiger partial charge in [-0.25, -0.2) is 10.9 Å². The second kappa shape index (κ2) is 16.3. The van der Waals surface area contributed by atoms with Gasteiger partial charge in [-0.1, -0.05) is 54.7 Å². The number of rotatable bonds is 14. The third-order valence-corrected chi connectivity index (χ3v) is 9.19. The number of hydrogen-bond acceptors (Lipinski definition) is 13. The number of carbonyl (C=O) groups excluding carboxylic acids is 1. The molecule has 2 aliphatic rings. The van der Waals surface area contributed by atoms with E-state index in [9.17, 15) is 4.79 Å². The highest BCUT2D eigenvalue weighted by Gasteiger charge is 2.41. The van der Waals surface area contributed by atoms with E-state index in [1.54, 1.807) is 44.3 Å². The van der Waals surface area contributed by atoms with Gasteiger partial charge in [0.15, 0.2) is 11.6 Å². The van der Waals surface area contributed by atoms with Crippen molar-refractivity contribution in [3.05, 3.63) is 51.5 Å². The first-order valence-corrected chi connectivity index (χ1v) is 16.6. The summed E-state index contributed by atoms with van der Waals surface area (Å²) in [6.45, 7) is 6.18. The number of nitrogens with one attached hydrogen (secondary N) is 2. The van der Waals surface area contributed by atoms with Gasteiger partial charge in [-0.15, -0.1) is 0 Å². The van der Waals surface area contributed by atoms with Crippen LogP contribution in [-0.4, -0.2) is 61.2 Å². The summed E-state index contributed by atoms with van der Waals surface area (Å²) in [6.07, 6.45) is 4.45. The third-order valence-electron chi connectivity index (χ3n) is 6.81. The van der Waals surface area contributed by atoms with E-state index in [0.717, 1.165) is 6.42 Å². The van der Waals surface area contributed by atoms with Crippen molar-refractivity contribution in [3.63, 3.8) is 0 Å². The molecule has 2 aliphatic heterocycles. The topological polar surface area (TPSA) is 162 Å². The van der Waals surface area contributed by atoms with Crippen LogP contribution in [-0.2, 0) is 18.8 Å². The number of fused-ring (bicyclic) bond motifs is 1. The second-order valence-electron chi connectivity index (χ2n) is 10.5. The molecular formula is C28H38Cl3N8O5P. The number of benzene rings is 1. The zero-order valence-corrected chi connectivity index (χ0v) is 28.5. The summed E-state index contributed by atoms with van der Waals surface area (Å²) in [7, 11) is -0.135. The van der Waals surface area contributed by atoms with Crippen LogP contribution in [0.2, 0.25) is 5.02 Å². The molecule has 246 valence electrons. The van der Waals surface area contributed by atoms with E-state index >= 15 is 0 Å². The molecule has 1 aromatic carbocycles. The van der Waals surface area contributed by atoms with E-state index in [1.165, 1.54) is 5.01 Å².